The Labute approximate surface area is 135 Å². The van der Waals surface area contributed by atoms with Crippen molar-refractivity contribution in [3.05, 3.63) is 30.1 Å². The van der Waals surface area contributed by atoms with Crippen LogP contribution in [0.2, 0.25) is 0 Å². The highest BCUT2D eigenvalue weighted by Gasteiger charge is 2.42. The smallest absolute Gasteiger partial charge is 0.270 e. The standard InChI is InChI=1S/C16H23N3O4/c20-13-5-4-11(18-16(22)12-3-1-2-6-17-12)15(21)14(13)19-7-9-23-10-8-19/h1-3,6,11,13-15,20-21H,4-5,7-10H2,(H,18,22)/t11-,13+,14-,15-/m1/s1. The van der Waals surface area contributed by atoms with Crippen LogP contribution in [0.1, 0.15) is 23.3 Å². The summed E-state index contributed by atoms with van der Waals surface area (Å²) in [5, 5.41) is 23.8. The number of amides is 1. The zero-order valence-electron chi connectivity index (χ0n) is 13.0. The zero-order chi connectivity index (χ0) is 16.2. The summed E-state index contributed by atoms with van der Waals surface area (Å²) < 4.78 is 5.33. The summed E-state index contributed by atoms with van der Waals surface area (Å²) in [5.41, 5.74) is 0.328. The molecule has 7 heteroatoms. The molecule has 1 aromatic heterocycles. The SMILES string of the molecule is O=C(N[C@@H]1CC[C@H](O)[C@@H](N2CCOCC2)[C@@H]1O)c1ccccn1. The molecule has 0 bridgehead atoms. The number of rotatable bonds is 3. The molecular formula is C16H23N3O4. The Balaban J connectivity index is 1.67. The van der Waals surface area contributed by atoms with Gasteiger partial charge in [0.25, 0.3) is 5.91 Å². The van der Waals surface area contributed by atoms with E-state index in [0.29, 0.717) is 44.8 Å². The van der Waals surface area contributed by atoms with Crippen LogP contribution in [-0.4, -0.2) is 76.6 Å². The lowest BCUT2D eigenvalue weighted by molar-refractivity contribution is -0.0948. The van der Waals surface area contributed by atoms with Gasteiger partial charge in [-0.15, -0.1) is 0 Å². The van der Waals surface area contributed by atoms with Gasteiger partial charge in [0.2, 0.25) is 0 Å². The third-order valence-corrected chi connectivity index (χ3v) is 4.61. The Bertz CT molecular complexity index is 521. The molecule has 0 unspecified atom stereocenters. The Morgan fingerprint density at radius 1 is 1.26 bits per heavy atom. The van der Waals surface area contributed by atoms with Crippen LogP contribution in [0.15, 0.2) is 24.4 Å². The lowest BCUT2D eigenvalue weighted by atomic mass is 9.84. The van der Waals surface area contributed by atoms with E-state index in [2.05, 4.69) is 15.2 Å². The second-order valence-electron chi connectivity index (χ2n) is 6.07. The van der Waals surface area contributed by atoms with Gasteiger partial charge in [0.05, 0.1) is 37.5 Å². The summed E-state index contributed by atoms with van der Waals surface area (Å²) in [6, 6.07) is 4.37. The van der Waals surface area contributed by atoms with Gasteiger partial charge in [-0.05, 0) is 25.0 Å². The number of nitrogens with zero attached hydrogens (tertiary/aromatic N) is 2. The predicted molar refractivity (Wildman–Crippen MR) is 82.9 cm³/mol. The summed E-state index contributed by atoms with van der Waals surface area (Å²) in [4.78, 5) is 18.3. The van der Waals surface area contributed by atoms with Crippen LogP contribution < -0.4 is 5.32 Å². The first-order chi connectivity index (χ1) is 11.2. The van der Waals surface area contributed by atoms with E-state index >= 15 is 0 Å². The number of morpholine rings is 1. The number of aromatic nitrogens is 1. The zero-order valence-corrected chi connectivity index (χ0v) is 13.0. The van der Waals surface area contributed by atoms with E-state index in [4.69, 9.17) is 4.74 Å². The van der Waals surface area contributed by atoms with E-state index < -0.39 is 12.2 Å². The van der Waals surface area contributed by atoms with Crippen LogP contribution in [0, 0.1) is 0 Å². The highest BCUT2D eigenvalue weighted by atomic mass is 16.5. The second kappa shape index (κ2) is 7.35. The van der Waals surface area contributed by atoms with E-state index in [1.54, 1.807) is 24.4 Å². The lowest BCUT2D eigenvalue weighted by Gasteiger charge is -2.45. The number of aliphatic hydroxyl groups is 2. The molecule has 1 aromatic rings. The minimum atomic E-state index is -0.815. The number of aliphatic hydroxyl groups excluding tert-OH is 2. The van der Waals surface area contributed by atoms with E-state index in [1.807, 2.05) is 0 Å². The maximum absolute atomic E-state index is 12.2. The van der Waals surface area contributed by atoms with Crippen LogP contribution >= 0.6 is 0 Å². The van der Waals surface area contributed by atoms with Gasteiger partial charge in [-0.1, -0.05) is 6.07 Å². The van der Waals surface area contributed by atoms with Crippen molar-refractivity contribution >= 4 is 5.91 Å². The molecule has 3 N–H and O–H groups in total. The highest BCUT2D eigenvalue weighted by Crippen LogP contribution is 2.25. The van der Waals surface area contributed by atoms with Gasteiger partial charge in [-0.3, -0.25) is 14.7 Å². The van der Waals surface area contributed by atoms with E-state index in [0.717, 1.165) is 0 Å². The maximum Gasteiger partial charge on any atom is 0.270 e. The van der Waals surface area contributed by atoms with Gasteiger partial charge in [0, 0.05) is 19.3 Å². The average molecular weight is 321 g/mol. The molecule has 0 aromatic carbocycles. The molecule has 2 aliphatic rings. The quantitative estimate of drug-likeness (QED) is 0.688. The van der Waals surface area contributed by atoms with Crippen molar-refractivity contribution in [3.8, 4) is 0 Å². The number of hydrogen-bond acceptors (Lipinski definition) is 6. The van der Waals surface area contributed by atoms with Gasteiger partial charge in [0.1, 0.15) is 5.69 Å². The maximum atomic E-state index is 12.2. The van der Waals surface area contributed by atoms with Gasteiger partial charge < -0.3 is 20.3 Å². The van der Waals surface area contributed by atoms with Crippen molar-refractivity contribution in [1.82, 2.24) is 15.2 Å². The van der Waals surface area contributed by atoms with Crippen molar-refractivity contribution in [3.63, 3.8) is 0 Å². The molecule has 23 heavy (non-hydrogen) atoms. The Kier molecular flexibility index (Phi) is 5.22. The largest absolute Gasteiger partial charge is 0.391 e. The molecule has 4 atom stereocenters. The van der Waals surface area contributed by atoms with Crippen LogP contribution in [0.3, 0.4) is 0 Å². The van der Waals surface area contributed by atoms with Crippen LogP contribution in [0.4, 0.5) is 0 Å². The third kappa shape index (κ3) is 3.69. The summed E-state index contributed by atoms with van der Waals surface area (Å²) >= 11 is 0. The minimum absolute atomic E-state index is 0.299. The van der Waals surface area contributed by atoms with E-state index in [1.165, 1.54) is 0 Å². The molecule has 2 fully saturated rings. The third-order valence-electron chi connectivity index (χ3n) is 4.61. The van der Waals surface area contributed by atoms with Gasteiger partial charge in [0.15, 0.2) is 0 Å². The molecule has 1 aliphatic carbocycles. The van der Waals surface area contributed by atoms with Gasteiger partial charge >= 0.3 is 0 Å². The van der Waals surface area contributed by atoms with E-state index in [-0.39, 0.29) is 18.0 Å². The molecule has 1 aliphatic heterocycles. The Morgan fingerprint density at radius 3 is 2.74 bits per heavy atom. The molecule has 2 heterocycles. The monoisotopic (exact) mass is 321 g/mol. The van der Waals surface area contributed by atoms with E-state index in [9.17, 15) is 15.0 Å². The van der Waals surface area contributed by atoms with Gasteiger partial charge in [-0.25, -0.2) is 0 Å². The van der Waals surface area contributed by atoms with Crippen molar-refractivity contribution in [2.45, 2.75) is 37.1 Å². The molecule has 126 valence electrons. The summed E-state index contributed by atoms with van der Waals surface area (Å²) in [5.74, 6) is -0.299. The molecule has 0 spiro atoms. The molecule has 0 radical (unpaired) electrons. The molecule has 1 saturated heterocycles. The molecule has 1 amide bonds. The first kappa shape index (κ1) is 16.3. The highest BCUT2D eigenvalue weighted by molar-refractivity contribution is 5.92. The summed E-state index contributed by atoms with van der Waals surface area (Å²) in [7, 11) is 0. The van der Waals surface area contributed by atoms with Crippen molar-refractivity contribution in [2.24, 2.45) is 0 Å². The number of carbonyl (C=O) groups excluding carboxylic acids is 1. The second-order valence-corrected chi connectivity index (χ2v) is 6.07. The lowest BCUT2D eigenvalue weighted by Crippen LogP contribution is -2.63. The number of pyridine rings is 1. The van der Waals surface area contributed by atoms with Crippen LogP contribution in [0.5, 0.6) is 0 Å². The summed E-state index contributed by atoms with van der Waals surface area (Å²) in [6.45, 7) is 2.56. The molecule has 1 saturated carbocycles. The Morgan fingerprint density at radius 2 is 2.04 bits per heavy atom. The number of ether oxygens (including phenoxy) is 1. The average Bonchev–Trinajstić information content (AvgIpc) is 2.59. The Hall–Kier alpha value is -1.54. The van der Waals surface area contributed by atoms with Crippen molar-refractivity contribution < 1.29 is 19.7 Å². The number of hydrogen-bond donors (Lipinski definition) is 3. The fraction of sp³-hybridized carbons (Fsp3) is 0.625. The minimum Gasteiger partial charge on any atom is -0.391 e. The normalized spacial score (nSPS) is 32.4. The number of nitrogens with one attached hydrogen (secondary N) is 1. The molecular weight excluding hydrogens is 298 g/mol. The van der Waals surface area contributed by atoms with Crippen molar-refractivity contribution in [1.29, 1.82) is 0 Å². The first-order valence-corrected chi connectivity index (χ1v) is 8.06. The van der Waals surface area contributed by atoms with Gasteiger partial charge in [-0.2, -0.15) is 0 Å². The summed E-state index contributed by atoms with van der Waals surface area (Å²) in [6.07, 6.45) is 1.25. The first-order valence-electron chi connectivity index (χ1n) is 8.06. The fourth-order valence-corrected chi connectivity index (χ4v) is 3.39. The van der Waals surface area contributed by atoms with Crippen LogP contribution in [0.25, 0.3) is 0 Å². The fourth-order valence-electron chi connectivity index (χ4n) is 3.39. The topological polar surface area (TPSA) is 94.9 Å². The van der Waals surface area contributed by atoms with Crippen molar-refractivity contribution in [2.75, 3.05) is 26.3 Å². The van der Waals surface area contributed by atoms with Crippen LogP contribution in [-0.2, 0) is 4.74 Å². The molecule has 7 nitrogen and oxygen atoms in total. The molecule has 3 rings (SSSR count). The predicted octanol–water partition coefficient (Wildman–Crippen LogP) is -0.604. The number of carbonyl (C=O) groups is 1.